The molecule has 1 aromatic carbocycles. The Morgan fingerprint density at radius 3 is 3.00 bits per heavy atom. The summed E-state index contributed by atoms with van der Waals surface area (Å²) in [5.74, 6) is -0.422. The zero-order valence-corrected chi connectivity index (χ0v) is 7.61. The van der Waals surface area contributed by atoms with Gasteiger partial charge in [-0.15, -0.1) is 0 Å². The van der Waals surface area contributed by atoms with Gasteiger partial charge >= 0.3 is 5.97 Å². The van der Waals surface area contributed by atoms with Gasteiger partial charge in [0.05, 0.1) is 12.8 Å². The van der Waals surface area contributed by atoms with Crippen molar-refractivity contribution in [3.05, 3.63) is 30.0 Å². The number of anilines is 1. The van der Waals surface area contributed by atoms with E-state index in [1.165, 1.54) is 13.4 Å². The summed E-state index contributed by atoms with van der Waals surface area (Å²) in [7, 11) is 1.33. The summed E-state index contributed by atoms with van der Waals surface area (Å²) < 4.78 is 9.78. The number of nitrogens with two attached hydrogens (primary N) is 1. The van der Waals surface area contributed by atoms with Crippen molar-refractivity contribution < 1.29 is 13.9 Å². The van der Waals surface area contributed by atoms with Gasteiger partial charge < -0.3 is 14.9 Å². The molecule has 1 aromatic heterocycles. The van der Waals surface area contributed by atoms with E-state index in [-0.39, 0.29) is 0 Å². The third-order valence-electron chi connectivity index (χ3n) is 2.04. The maximum atomic E-state index is 11.3. The highest BCUT2D eigenvalue weighted by Crippen LogP contribution is 2.26. The van der Waals surface area contributed by atoms with Gasteiger partial charge in [-0.3, -0.25) is 0 Å². The Kier molecular flexibility index (Phi) is 1.89. The molecule has 0 spiro atoms. The first-order chi connectivity index (χ1) is 6.74. The first-order valence-corrected chi connectivity index (χ1v) is 4.08. The number of benzene rings is 1. The Hall–Kier alpha value is -1.97. The standard InChI is InChI=1S/C10H9NO3/c1-13-10(12)7-5-14-9-6(7)3-2-4-8(9)11/h2-5H,11H2,1H3. The van der Waals surface area contributed by atoms with Crippen molar-refractivity contribution in [1.82, 2.24) is 0 Å². The smallest absolute Gasteiger partial charge is 0.341 e. The normalized spacial score (nSPS) is 10.4. The van der Waals surface area contributed by atoms with Gasteiger partial charge in [-0.2, -0.15) is 0 Å². The number of hydrogen-bond acceptors (Lipinski definition) is 4. The molecule has 0 atom stereocenters. The molecule has 72 valence electrons. The van der Waals surface area contributed by atoms with Crippen LogP contribution in [0.1, 0.15) is 10.4 Å². The zero-order valence-electron chi connectivity index (χ0n) is 7.61. The van der Waals surface area contributed by atoms with Gasteiger partial charge in [0.15, 0.2) is 5.58 Å². The third kappa shape index (κ3) is 1.12. The molecule has 0 aliphatic rings. The van der Waals surface area contributed by atoms with E-state index in [1.807, 2.05) is 0 Å². The number of esters is 1. The lowest BCUT2D eigenvalue weighted by molar-refractivity contribution is 0.0602. The highest BCUT2D eigenvalue weighted by molar-refractivity contribution is 6.05. The number of methoxy groups -OCH3 is 1. The molecular formula is C10H9NO3. The van der Waals surface area contributed by atoms with Crippen molar-refractivity contribution in [2.75, 3.05) is 12.8 Å². The summed E-state index contributed by atoms with van der Waals surface area (Å²) in [4.78, 5) is 11.3. The topological polar surface area (TPSA) is 65.5 Å². The third-order valence-corrected chi connectivity index (χ3v) is 2.04. The SMILES string of the molecule is COC(=O)c1coc2c(N)cccc12. The van der Waals surface area contributed by atoms with Crippen LogP contribution in [0.3, 0.4) is 0 Å². The van der Waals surface area contributed by atoms with E-state index in [9.17, 15) is 4.79 Å². The number of nitrogen functional groups attached to an aromatic ring is 1. The summed E-state index contributed by atoms with van der Waals surface area (Å²) in [6.07, 6.45) is 1.35. The second-order valence-electron chi connectivity index (χ2n) is 2.86. The number of hydrogen-bond donors (Lipinski definition) is 1. The van der Waals surface area contributed by atoms with Crippen molar-refractivity contribution in [3.63, 3.8) is 0 Å². The van der Waals surface area contributed by atoms with Crippen LogP contribution in [0.4, 0.5) is 5.69 Å². The number of ether oxygens (including phenoxy) is 1. The molecule has 0 bridgehead atoms. The van der Waals surface area contributed by atoms with Crippen molar-refractivity contribution in [3.8, 4) is 0 Å². The molecule has 0 aliphatic carbocycles. The van der Waals surface area contributed by atoms with Gasteiger partial charge in [0.25, 0.3) is 0 Å². The number of rotatable bonds is 1. The minimum Gasteiger partial charge on any atom is -0.465 e. The van der Waals surface area contributed by atoms with Gasteiger partial charge in [0, 0.05) is 5.39 Å². The van der Waals surface area contributed by atoms with Crippen molar-refractivity contribution in [2.45, 2.75) is 0 Å². The lowest BCUT2D eigenvalue weighted by atomic mass is 10.1. The van der Waals surface area contributed by atoms with Gasteiger partial charge in [-0.1, -0.05) is 12.1 Å². The van der Waals surface area contributed by atoms with Crippen molar-refractivity contribution in [1.29, 1.82) is 0 Å². The van der Waals surface area contributed by atoms with Crippen LogP contribution in [0.15, 0.2) is 28.9 Å². The van der Waals surface area contributed by atoms with Gasteiger partial charge in [-0.05, 0) is 6.07 Å². The van der Waals surface area contributed by atoms with Crippen LogP contribution < -0.4 is 5.73 Å². The lowest BCUT2D eigenvalue weighted by Crippen LogP contribution is -1.99. The molecular weight excluding hydrogens is 182 g/mol. The first kappa shape index (κ1) is 8.62. The fourth-order valence-corrected chi connectivity index (χ4v) is 1.35. The number of carbonyl (C=O) groups excluding carboxylic acids is 1. The molecule has 0 saturated heterocycles. The van der Waals surface area contributed by atoms with E-state index < -0.39 is 5.97 Å². The molecule has 0 unspecified atom stereocenters. The first-order valence-electron chi connectivity index (χ1n) is 4.08. The zero-order chi connectivity index (χ0) is 10.1. The largest absolute Gasteiger partial charge is 0.465 e. The number of fused-ring (bicyclic) bond motifs is 1. The Bertz CT molecular complexity index is 487. The van der Waals surface area contributed by atoms with E-state index in [4.69, 9.17) is 10.2 Å². The highest BCUT2D eigenvalue weighted by atomic mass is 16.5. The average molecular weight is 191 g/mol. The fourth-order valence-electron chi connectivity index (χ4n) is 1.35. The molecule has 2 aromatic rings. The Labute approximate surface area is 80.3 Å². The van der Waals surface area contributed by atoms with Crippen LogP contribution in [0.5, 0.6) is 0 Å². The van der Waals surface area contributed by atoms with E-state index in [2.05, 4.69) is 4.74 Å². The molecule has 0 aliphatic heterocycles. The Morgan fingerprint density at radius 1 is 1.50 bits per heavy atom. The Balaban J connectivity index is 2.70. The van der Waals surface area contributed by atoms with Crippen LogP contribution in [-0.4, -0.2) is 13.1 Å². The van der Waals surface area contributed by atoms with Crippen LogP contribution in [-0.2, 0) is 4.74 Å². The quantitative estimate of drug-likeness (QED) is 0.551. The minimum atomic E-state index is -0.422. The summed E-state index contributed by atoms with van der Waals surface area (Å²) in [6.45, 7) is 0. The molecule has 0 amide bonds. The fraction of sp³-hybridized carbons (Fsp3) is 0.100. The predicted octanol–water partition coefficient (Wildman–Crippen LogP) is 1.80. The maximum absolute atomic E-state index is 11.3. The molecule has 4 nitrogen and oxygen atoms in total. The lowest BCUT2D eigenvalue weighted by Gasteiger charge is -1.95. The molecule has 2 N–H and O–H groups in total. The maximum Gasteiger partial charge on any atom is 0.341 e. The molecule has 2 rings (SSSR count). The summed E-state index contributed by atoms with van der Waals surface area (Å²) in [6, 6.07) is 5.24. The summed E-state index contributed by atoms with van der Waals surface area (Å²) in [5, 5.41) is 0.678. The summed E-state index contributed by atoms with van der Waals surface area (Å²) in [5.41, 5.74) is 7.10. The van der Waals surface area contributed by atoms with Gasteiger partial charge in [0.1, 0.15) is 11.8 Å². The van der Waals surface area contributed by atoms with E-state index in [1.54, 1.807) is 18.2 Å². The molecule has 0 saturated carbocycles. The van der Waals surface area contributed by atoms with Gasteiger partial charge in [0.2, 0.25) is 0 Å². The van der Waals surface area contributed by atoms with Crippen LogP contribution in [0.2, 0.25) is 0 Å². The van der Waals surface area contributed by atoms with Crippen molar-refractivity contribution >= 4 is 22.6 Å². The molecule has 0 radical (unpaired) electrons. The van der Waals surface area contributed by atoms with Crippen LogP contribution in [0.25, 0.3) is 11.0 Å². The molecule has 14 heavy (non-hydrogen) atoms. The molecule has 1 heterocycles. The van der Waals surface area contributed by atoms with Gasteiger partial charge in [-0.25, -0.2) is 4.79 Å². The second-order valence-corrected chi connectivity index (χ2v) is 2.86. The number of carbonyl (C=O) groups is 1. The monoisotopic (exact) mass is 191 g/mol. The summed E-state index contributed by atoms with van der Waals surface area (Å²) >= 11 is 0. The minimum absolute atomic E-state index is 0.398. The predicted molar refractivity (Wildman–Crippen MR) is 52.0 cm³/mol. The van der Waals surface area contributed by atoms with E-state index in [0.717, 1.165) is 0 Å². The second kappa shape index (κ2) is 3.06. The van der Waals surface area contributed by atoms with E-state index >= 15 is 0 Å². The van der Waals surface area contributed by atoms with Crippen LogP contribution in [0, 0.1) is 0 Å². The number of para-hydroxylation sites is 1. The average Bonchev–Trinajstić information content (AvgIpc) is 2.62. The van der Waals surface area contributed by atoms with Crippen LogP contribution >= 0.6 is 0 Å². The van der Waals surface area contributed by atoms with E-state index in [0.29, 0.717) is 22.2 Å². The highest BCUT2D eigenvalue weighted by Gasteiger charge is 2.14. The molecule has 0 fully saturated rings. The van der Waals surface area contributed by atoms with Crippen molar-refractivity contribution in [2.24, 2.45) is 0 Å². The number of furan rings is 1. The molecule has 4 heteroatoms. The Morgan fingerprint density at radius 2 is 2.29 bits per heavy atom.